The Labute approximate surface area is 163 Å². The third-order valence-electron chi connectivity index (χ3n) is 4.68. The zero-order valence-corrected chi connectivity index (χ0v) is 16.8. The van der Waals surface area contributed by atoms with Crippen molar-refractivity contribution in [2.75, 3.05) is 11.9 Å². The molecule has 0 saturated carbocycles. The number of nitrogens with two attached hydrogens (primary N) is 1. The molecule has 1 aromatic heterocycles. The Kier molecular flexibility index (Phi) is 5.85. The number of amides is 2. The van der Waals surface area contributed by atoms with Gasteiger partial charge in [-0.25, -0.2) is 0 Å². The fourth-order valence-corrected chi connectivity index (χ4v) is 4.65. The summed E-state index contributed by atoms with van der Waals surface area (Å²) in [5.41, 5.74) is 7.62. The lowest BCUT2D eigenvalue weighted by Crippen LogP contribution is -2.19. The lowest BCUT2D eigenvalue weighted by atomic mass is 9.88. The van der Waals surface area contributed by atoms with Crippen LogP contribution in [-0.2, 0) is 12.8 Å². The second kappa shape index (κ2) is 8.13. The van der Waals surface area contributed by atoms with E-state index in [2.05, 4.69) is 26.1 Å². The average Bonchev–Trinajstić information content (AvgIpc) is 2.97. The molecule has 1 aliphatic carbocycles. The molecule has 5 nitrogen and oxygen atoms in total. The molecule has 6 heteroatoms. The Hall–Kier alpha value is -2.34. The molecular formula is C21H26N2O3S. The quantitative estimate of drug-likeness (QED) is 0.778. The Morgan fingerprint density at radius 2 is 2.00 bits per heavy atom. The van der Waals surface area contributed by atoms with Gasteiger partial charge in [0.05, 0.1) is 12.2 Å². The first-order valence-corrected chi connectivity index (χ1v) is 10.1. The van der Waals surface area contributed by atoms with E-state index in [0.717, 1.165) is 35.5 Å². The van der Waals surface area contributed by atoms with Crippen molar-refractivity contribution in [2.24, 2.45) is 17.6 Å². The van der Waals surface area contributed by atoms with Crippen LogP contribution < -0.4 is 15.8 Å². The maximum absolute atomic E-state index is 12.6. The largest absolute Gasteiger partial charge is 0.493 e. The summed E-state index contributed by atoms with van der Waals surface area (Å²) >= 11 is 1.47. The summed E-state index contributed by atoms with van der Waals surface area (Å²) in [5.74, 6) is 1.03. The topological polar surface area (TPSA) is 81.4 Å². The second-order valence-corrected chi connectivity index (χ2v) is 8.71. The highest BCUT2D eigenvalue weighted by molar-refractivity contribution is 7.17. The SMILES string of the molecule is CC(C)COc1ccc(C(=O)Nc2sc3c(c2C(N)=O)CC[C@H](C)C3)cc1. The monoisotopic (exact) mass is 386 g/mol. The minimum Gasteiger partial charge on any atom is -0.493 e. The van der Waals surface area contributed by atoms with E-state index in [0.29, 0.717) is 34.6 Å². The molecule has 3 rings (SSSR count). The van der Waals surface area contributed by atoms with Gasteiger partial charge in [-0.1, -0.05) is 20.8 Å². The summed E-state index contributed by atoms with van der Waals surface area (Å²) < 4.78 is 5.65. The van der Waals surface area contributed by atoms with Crippen LogP contribution in [0, 0.1) is 11.8 Å². The van der Waals surface area contributed by atoms with E-state index in [1.54, 1.807) is 24.3 Å². The number of carbonyl (C=O) groups is 2. The van der Waals surface area contributed by atoms with Crippen LogP contribution in [0.15, 0.2) is 24.3 Å². The van der Waals surface area contributed by atoms with Gasteiger partial charge in [0.1, 0.15) is 10.8 Å². The molecule has 0 aliphatic heterocycles. The van der Waals surface area contributed by atoms with Crippen LogP contribution in [0.3, 0.4) is 0 Å². The van der Waals surface area contributed by atoms with E-state index in [-0.39, 0.29) is 5.91 Å². The molecule has 0 radical (unpaired) electrons. The molecule has 0 unspecified atom stereocenters. The average molecular weight is 387 g/mol. The van der Waals surface area contributed by atoms with Gasteiger partial charge in [0, 0.05) is 10.4 Å². The smallest absolute Gasteiger partial charge is 0.256 e. The molecule has 27 heavy (non-hydrogen) atoms. The van der Waals surface area contributed by atoms with Gasteiger partial charge in [0.15, 0.2) is 0 Å². The third kappa shape index (κ3) is 4.50. The Bertz CT molecular complexity index is 840. The number of nitrogens with one attached hydrogen (secondary N) is 1. The summed E-state index contributed by atoms with van der Waals surface area (Å²) in [6, 6.07) is 7.02. The van der Waals surface area contributed by atoms with E-state index >= 15 is 0 Å². The number of fused-ring (bicyclic) bond motifs is 1. The van der Waals surface area contributed by atoms with Crippen molar-refractivity contribution >= 4 is 28.2 Å². The van der Waals surface area contributed by atoms with Gasteiger partial charge in [0.25, 0.3) is 11.8 Å². The number of rotatable bonds is 6. The number of thiophene rings is 1. The maximum Gasteiger partial charge on any atom is 0.256 e. The van der Waals surface area contributed by atoms with Crippen LogP contribution in [0.2, 0.25) is 0 Å². The van der Waals surface area contributed by atoms with E-state index in [1.165, 1.54) is 11.3 Å². The van der Waals surface area contributed by atoms with E-state index in [9.17, 15) is 9.59 Å². The first-order valence-electron chi connectivity index (χ1n) is 9.33. The van der Waals surface area contributed by atoms with Crippen molar-refractivity contribution in [3.63, 3.8) is 0 Å². The molecular weight excluding hydrogens is 360 g/mol. The maximum atomic E-state index is 12.6. The zero-order chi connectivity index (χ0) is 19.6. The summed E-state index contributed by atoms with van der Waals surface area (Å²) in [6.45, 7) is 7.00. The molecule has 0 bridgehead atoms. The molecule has 0 fully saturated rings. The minimum absolute atomic E-state index is 0.250. The number of hydrogen-bond acceptors (Lipinski definition) is 4. The van der Waals surface area contributed by atoms with Crippen molar-refractivity contribution in [3.05, 3.63) is 45.8 Å². The molecule has 1 heterocycles. The zero-order valence-electron chi connectivity index (χ0n) is 16.0. The van der Waals surface area contributed by atoms with Crippen molar-refractivity contribution in [1.82, 2.24) is 0 Å². The number of benzene rings is 1. The van der Waals surface area contributed by atoms with Crippen LogP contribution >= 0.6 is 11.3 Å². The molecule has 1 aromatic carbocycles. The Morgan fingerprint density at radius 3 is 2.63 bits per heavy atom. The Morgan fingerprint density at radius 1 is 1.30 bits per heavy atom. The number of carbonyl (C=O) groups excluding carboxylic acids is 2. The highest BCUT2D eigenvalue weighted by Gasteiger charge is 2.27. The fourth-order valence-electron chi connectivity index (χ4n) is 3.24. The van der Waals surface area contributed by atoms with Gasteiger partial charge >= 0.3 is 0 Å². The third-order valence-corrected chi connectivity index (χ3v) is 5.85. The van der Waals surface area contributed by atoms with Gasteiger partial charge < -0.3 is 15.8 Å². The van der Waals surface area contributed by atoms with Crippen LogP contribution in [0.5, 0.6) is 5.75 Å². The van der Waals surface area contributed by atoms with Gasteiger partial charge in [0.2, 0.25) is 0 Å². The van der Waals surface area contributed by atoms with E-state index in [4.69, 9.17) is 10.5 Å². The molecule has 1 atom stereocenters. The van der Waals surface area contributed by atoms with Crippen molar-refractivity contribution in [1.29, 1.82) is 0 Å². The van der Waals surface area contributed by atoms with E-state index in [1.807, 2.05) is 0 Å². The molecule has 2 amide bonds. The number of hydrogen-bond donors (Lipinski definition) is 2. The lowest BCUT2D eigenvalue weighted by Gasteiger charge is -2.18. The van der Waals surface area contributed by atoms with Gasteiger partial charge in [-0.3, -0.25) is 9.59 Å². The predicted molar refractivity (Wildman–Crippen MR) is 109 cm³/mol. The van der Waals surface area contributed by atoms with Crippen LogP contribution in [-0.4, -0.2) is 18.4 Å². The summed E-state index contributed by atoms with van der Waals surface area (Å²) in [5, 5.41) is 3.45. The molecule has 0 saturated heterocycles. The molecule has 144 valence electrons. The summed E-state index contributed by atoms with van der Waals surface area (Å²) in [4.78, 5) is 25.8. The van der Waals surface area contributed by atoms with Crippen molar-refractivity contribution in [2.45, 2.75) is 40.0 Å². The molecule has 1 aliphatic rings. The molecule has 2 aromatic rings. The van der Waals surface area contributed by atoms with Crippen LogP contribution in [0.1, 0.15) is 58.3 Å². The fraction of sp³-hybridized carbons (Fsp3) is 0.429. The predicted octanol–water partition coefficient (Wildman–Crippen LogP) is 4.26. The second-order valence-electron chi connectivity index (χ2n) is 7.60. The van der Waals surface area contributed by atoms with Gasteiger partial charge in [-0.15, -0.1) is 11.3 Å². The number of anilines is 1. The first kappa shape index (κ1) is 19.4. The standard InChI is InChI=1S/C21H26N2O3S/c1-12(2)11-26-15-7-5-14(6-8-15)20(25)23-21-18(19(22)24)16-9-4-13(3)10-17(16)27-21/h5-8,12-13H,4,9-11H2,1-3H3,(H2,22,24)(H,23,25)/t13-/m0/s1. The molecule has 3 N–H and O–H groups in total. The minimum atomic E-state index is -0.477. The van der Waals surface area contributed by atoms with Gasteiger partial charge in [-0.05, 0) is 60.9 Å². The molecule has 0 spiro atoms. The first-order chi connectivity index (χ1) is 12.8. The van der Waals surface area contributed by atoms with E-state index < -0.39 is 5.91 Å². The van der Waals surface area contributed by atoms with Crippen LogP contribution in [0.4, 0.5) is 5.00 Å². The van der Waals surface area contributed by atoms with Gasteiger partial charge in [-0.2, -0.15) is 0 Å². The number of ether oxygens (including phenoxy) is 1. The normalized spacial score (nSPS) is 16.1. The number of primary amides is 1. The summed E-state index contributed by atoms with van der Waals surface area (Å²) in [7, 11) is 0. The lowest BCUT2D eigenvalue weighted by molar-refractivity contribution is 0.1000. The van der Waals surface area contributed by atoms with Crippen molar-refractivity contribution < 1.29 is 14.3 Å². The summed E-state index contributed by atoms with van der Waals surface area (Å²) in [6.07, 6.45) is 2.80. The van der Waals surface area contributed by atoms with Crippen molar-refractivity contribution in [3.8, 4) is 5.75 Å². The highest BCUT2D eigenvalue weighted by Crippen LogP contribution is 2.39. The Balaban J connectivity index is 1.77. The highest BCUT2D eigenvalue weighted by atomic mass is 32.1. The van der Waals surface area contributed by atoms with Crippen LogP contribution in [0.25, 0.3) is 0 Å².